The Bertz CT molecular complexity index is 997. The van der Waals surface area contributed by atoms with Crippen LogP contribution in [-0.4, -0.2) is 96.0 Å². The van der Waals surface area contributed by atoms with Crippen LogP contribution in [0.15, 0.2) is 18.2 Å². The molecule has 0 bridgehead atoms. The number of rotatable bonds is 4. The second-order valence-electron chi connectivity index (χ2n) is 9.38. The predicted octanol–water partition coefficient (Wildman–Crippen LogP) is -0.676. The molecule has 4 amide bonds. The number of fused-ring (bicyclic) bond motifs is 1. The average molecular weight is 456 g/mol. The van der Waals surface area contributed by atoms with Gasteiger partial charge in [0.05, 0.1) is 22.4 Å². The van der Waals surface area contributed by atoms with Crippen molar-refractivity contribution in [1.82, 2.24) is 20.4 Å². The highest BCUT2D eigenvalue weighted by atomic mass is 16.3. The number of nitrogens with zero attached hydrogens (tertiary/aromatic N) is 3. The summed E-state index contributed by atoms with van der Waals surface area (Å²) in [5.74, 6) is -1.96. The molecule has 0 radical (unpaired) electrons. The molecule has 4 aliphatic rings. The number of hydrogen-bond donors (Lipinski definition) is 3. The molecule has 10 nitrogen and oxygen atoms in total. The molecule has 0 aromatic heterocycles. The fourth-order valence-electron chi connectivity index (χ4n) is 5.37. The summed E-state index contributed by atoms with van der Waals surface area (Å²) in [4.78, 5) is 55.6. The molecular formula is C23H29N5O5. The maximum absolute atomic E-state index is 13.3. The molecule has 10 heteroatoms. The van der Waals surface area contributed by atoms with Crippen molar-refractivity contribution < 1.29 is 24.3 Å². The largest absolute Gasteiger partial charge is 0.388 e. The first kappa shape index (κ1) is 22.0. The van der Waals surface area contributed by atoms with Crippen molar-refractivity contribution in [3.63, 3.8) is 0 Å². The van der Waals surface area contributed by atoms with E-state index in [1.54, 1.807) is 12.1 Å². The topological polar surface area (TPSA) is 122 Å². The number of nitrogens with one attached hydrogen (secondary N) is 2. The number of amides is 4. The molecule has 3 N–H and O–H groups in total. The molecule has 3 saturated heterocycles. The maximum atomic E-state index is 13.3. The summed E-state index contributed by atoms with van der Waals surface area (Å²) < 4.78 is 0. The minimum atomic E-state index is -0.967. The van der Waals surface area contributed by atoms with Crippen LogP contribution < -0.4 is 15.5 Å². The van der Waals surface area contributed by atoms with Gasteiger partial charge in [0.15, 0.2) is 0 Å². The van der Waals surface area contributed by atoms with Crippen LogP contribution in [0.1, 0.15) is 46.4 Å². The summed E-state index contributed by atoms with van der Waals surface area (Å²) in [6.45, 7) is 5.13. The molecular weight excluding hydrogens is 426 g/mol. The van der Waals surface area contributed by atoms with E-state index in [0.29, 0.717) is 36.4 Å². The van der Waals surface area contributed by atoms with Gasteiger partial charge in [-0.05, 0) is 44.5 Å². The fourth-order valence-corrected chi connectivity index (χ4v) is 5.37. The molecule has 0 spiro atoms. The highest BCUT2D eigenvalue weighted by Gasteiger charge is 2.46. The highest BCUT2D eigenvalue weighted by Crippen LogP contribution is 2.34. The van der Waals surface area contributed by atoms with Gasteiger partial charge in [0, 0.05) is 39.1 Å². The van der Waals surface area contributed by atoms with E-state index in [9.17, 15) is 24.3 Å². The number of anilines is 1. The van der Waals surface area contributed by atoms with Crippen molar-refractivity contribution in [2.45, 2.75) is 37.3 Å². The van der Waals surface area contributed by atoms with Crippen LogP contribution in [0.25, 0.3) is 0 Å². The van der Waals surface area contributed by atoms with E-state index in [2.05, 4.69) is 20.4 Å². The molecule has 5 rings (SSSR count). The van der Waals surface area contributed by atoms with E-state index in [-0.39, 0.29) is 18.7 Å². The minimum absolute atomic E-state index is 0.0983. The van der Waals surface area contributed by atoms with Gasteiger partial charge in [-0.25, -0.2) is 0 Å². The van der Waals surface area contributed by atoms with Gasteiger partial charge in [-0.1, -0.05) is 6.07 Å². The number of aliphatic hydroxyl groups is 1. The second kappa shape index (κ2) is 8.51. The van der Waals surface area contributed by atoms with E-state index in [1.165, 1.54) is 0 Å². The number of piperazine rings is 1. The number of β-amino-alcohol motifs (C(OH)–C–C–N with tert-alkyl or cyclic N) is 1. The molecule has 0 saturated carbocycles. The third-order valence-corrected chi connectivity index (χ3v) is 7.21. The lowest BCUT2D eigenvalue weighted by Gasteiger charge is -2.42. The molecule has 1 aromatic carbocycles. The Kier molecular flexibility index (Phi) is 5.67. The van der Waals surface area contributed by atoms with E-state index in [4.69, 9.17) is 0 Å². The Balaban J connectivity index is 1.31. The summed E-state index contributed by atoms with van der Waals surface area (Å²) in [7, 11) is 0. The van der Waals surface area contributed by atoms with Gasteiger partial charge in [0.1, 0.15) is 6.04 Å². The van der Waals surface area contributed by atoms with Gasteiger partial charge in [0.2, 0.25) is 11.8 Å². The first-order valence-electron chi connectivity index (χ1n) is 11.6. The molecule has 0 aliphatic carbocycles. The number of piperidine rings is 2. The zero-order chi connectivity index (χ0) is 23.2. The first-order valence-corrected chi connectivity index (χ1v) is 11.6. The average Bonchev–Trinajstić information content (AvgIpc) is 3.05. The van der Waals surface area contributed by atoms with E-state index in [1.807, 2.05) is 6.07 Å². The Labute approximate surface area is 191 Å². The highest BCUT2D eigenvalue weighted by molar-refractivity contribution is 6.25. The Morgan fingerprint density at radius 1 is 1.00 bits per heavy atom. The maximum Gasteiger partial charge on any atom is 0.264 e. The molecule has 1 aromatic rings. The zero-order valence-corrected chi connectivity index (χ0v) is 18.5. The van der Waals surface area contributed by atoms with Crippen LogP contribution in [0.4, 0.5) is 5.69 Å². The SMILES string of the molecule is O=C1CCC(N2C(=O)c3cccc(N4CCN(CC5(O)CCNCC5)CC4)c3C2=O)C(=O)N1. The van der Waals surface area contributed by atoms with Crippen LogP contribution >= 0.6 is 0 Å². The standard InChI is InChI=1S/C23H29N5O5/c29-18-5-4-17(20(30)25-18)28-21(31)15-2-1-3-16(19(15)22(28)32)27-12-10-26(11-13-27)14-23(33)6-8-24-9-7-23/h1-3,17,24,33H,4-14H2,(H,25,29,30). The van der Waals surface area contributed by atoms with E-state index >= 15 is 0 Å². The number of hydrogen-bond acceptors (Lipinski definition) is 8. The van der Waals surface area contributed by atoms with Crippen molar-refractivity contribution in [3.8, 4) is 0 Å². The molecule has 1 unspecified atom stereocenters. The lowest BCUT2D eigenvalue weighted by atomic mass is 9.91. The van der Waals surface area contributed by atoms with Crippen LogP contribution in [0.5, 0.6) is 0 Å². The van der Waals surface area contributed by atoms with Gasteiger partial charge >= 0.3 is 0 Å². The molecule has 1 atom stereocenters. The molecule has 176 valence electrons. The zero-order valence-electron chi connectivity index (χ0n) is 18.5. The Morgan fingerprint density at radius 3 is 2.42 bits per heavy atom. The van der Waals surface area contributed by atoms with Gasteiger partial charge in [-0.15, -0.1) is 0 Å². The Morgan fingerprint density at radius 2 is 1.73 bits per heavy atom. The predicted molar refractivity (Wildman–Crippen MR) is 119 cm³/mol. The third-order valence-electron chi connectivity index (χ3n) is 7.21. The molecule has 33 heavy (non-hydrogen) atoms. The van der Waals surface area contributed by atoms with Crippen LogP contribution in [0.3, 0.4) is 0 Å². The van der Waals surface area contributed by atoms with Gasteiger partial charge in [0.25, 0.3) is 11.8 Å². The monoisotopic (exact) mass is 455 g/mol. The van der Waals surface area contributed by atoms with Gasteiger partial charge < -0.3 is 15.3 Å². The summed E-state index contributed by atoms with van der Waals surface area (Å²) >= 11 is 0. The lowest BCUT2D eigenvalue weighted by Crippen LogP contribution is -2.55. The molecule has 3 fully saturated rings. The van der Waals surface area contributed by atoms with E-state index < -0.39 is 29.4 Å². The van der Waals surface area contributed by atoms with E-state index in [0.717, 1.165) is 43.9 Å². The van der Waals surface area contributed by atoms with Crippen molar-refractivity contribution in [2.24, 2.45) is 0 Å². The number of carbonyl (C=O) groups excluding carboxylic acids is 4. The third kappa shape index (κ3) is 4.03. The van der Waals surface area contributed by atoms with Crippen LogP contribution in [-0.2, 0) is 9.59 Å². The smallest absolute Gasteiger partial charge is 0.264 e. The minimum Gasteiger partial charge on any atom is -0.388 e. The summed E-state index contributed by atoms with van der Waals surface area (Å²) in [6, 6.07) is 4.25. The number of benzene rings is 1. The van der Waals surface area contributed by atoms with Crippen molar-refractivity contribution in [1.29, 1.82) is 0 Å². The van der Waals surface area contributed by atoms with Gasteiger partial charge in [-0.2, -0.15) is 0 Å². The van der Waals surface area contributed by atoms with Crippen LogP contribution in [0, 0.1) is 0 Å². The lowest BCUT2D eigenvalue weighted by molar-refractivity contribution is -0.136. The second-order valence-corrected chi connectivity index (χ2v) is 9.38. The fraction of sp³-hybridized carbons (Fsp3) is 0.565. The number of imide groups is 2. The summed E-state index contributed by atoms with van der Waals surface area (Å²) in [5, 5.41) is 16.4. The number of carbonyl (C=O) groups is 4. The van der Waals surface area contributed by atoms with Crippen molar-refractivity contribution in [3.05, 3.63) is 29.3 Å². The van der Waals surface area contributed by atoms with Crippen LogP contribution in [0.2, 0.25) is 0 Å². The summed E-state index contributed by atoms with van der Waals surface area (Å²) in [6.07, 6.45) is 1.72. The Hall–Kier alpha value is -2.82. The normalized spacial score (nSPS) is 25.9. The van der Waals surface area contributed by atoms with Crippen molar-refractivity contribution in [2.75, 3.05) is 50.7 Å². The first-order chi connectivity index (χ1) is 15.9. The quantitative estimate of drug-likeness (QED) is 0.511. The van der Waals surface area contributed by atoms with Crippen molar-refractivity contribution >= 4 is 29.3 Å². The summed E-state index contributed by atoms with van der Waals surface area (Å²) in [5.41, 5.74) is 0.666. The molecule has 4 heterocycles. The van der Waals surface area contributed by atoms with Gasteiger partial charge in [-0.3, -0.25) is 34.3 Å². The molecule has 4 aliphatic heterocycles.